The Morgan fingerprint density at radius 3 is 2.92 bits per heavy atom. The van der Waals surface area contributed by atoms with E-state index in [4.69, 9.17) is 0 Å². The molecule has 0 aromatic rings. The summed E-state index contributed by atoms with van der Waals surface area (Å²) in [4.78, 5) is 0. The first-order valence-corrected chi connectivity index (χ1v) is 4.96. The molecule has 0 spiro atoms. The highest BCUT2D eigenvalue weighted by Gasteiger charge is 2.45. The molecule has 0 heteroatoms. The Hall–Kier alpha value is -0.520. The van der Waals surface area contributed by atoms with Gasteiger partial charge in [0.15, 0.2) is 0 Å². The fourth-order valence-electron chi connectivity index (χ4n) is 3.00. The van der Waals surface area contributed by atoms with E-state index in [1.165, 1.54) is 31.3 Å². The minimum atomic E-state index is 0.589. The van der Waals surface area contributed by atoms with Crippen LogP contribution < -0.4 is 0 Å². The summed E-state index contributed by atoms with van der Waals surface area (Å²) in [5.74, 6) is 0.915. The second kappa shape index (κ2) is 2.48. The lowest BCUT2D eigenvalue weighted by Gasteiger charge is -2.37. The largest absolute Gasteiger partial charge is 0.100 e. The van der Waals surface area contributed by atoms with E-state index in [0.29, 0.717) is 5.41 Å². The fourth-order valence-corrected chi connectivity index (χ4v) is 3.00. The summed E-state index contributed by atoms with van der Waals surface area (Å²) in [6.07, 6.45) is 7.76. The molecule has 0 aromatic heterocycles. The van der Waals surface area contributed by atoms with Gasteiger partial charge in [-0.15, -0.1) is 6.58 Å². The lowest BCUT2D eigenvalue weighted by atomic mass is 9.67. The second-order valence-corrected chi connectivity index (χ2v) is 4.86. The normalized spacial score (nSPS) is 38.5. The summed E-state index contributed by atoms with van der Waals surface area (Å²) in [7, 11) is 0. The van der Waals surface area contributed by atoms with Gasteiger partial charge < -0.3 is 0 Å². The van der Waals surface area contributed by atoms with Crippen LogP contribution in [0, 0.1) is 11.3 Å². The van der Waals surface area contributed by atoms with Crippen LogP contribution in [0.2, 0.25) is 0 Å². The molecule has 66 valence electrons. The monoisotopic (exact) mass is 162 g/mol. The predicted octanol–water partition coefficient (Wildman–Crippen LogP) is 3.70. The lowest BCUT2D eigenvalue weighted by Crippen LogP contribution is -2.25. The number of fused-ring (bicyclic) bond motifs is 1. The van der Waals surface area contributed by atoms with Crippen molar-refractivity contribution in [2.24, 2.45) is 11.3 Å². The predicted molar refractivity (Wildman–Crippen MR) is 53.0 cm³/mol. The Morgan fingerprint density at radius 1 is 1.75 bits per heavy atom. The Morgan fingerprint density at radius 2 is 2.50 bits per heavy atom. The first-order chi connectivity index (χ1) is 5.62. The molecule has 2 rings (SSSR count). The number of hydrogen-bond donors (Lipinski definition) is 0. The van der Waals surface area contributed by atoms with E-state index in [2.05, 4.69) is 26.5 Å². The zero-order chi connectivity index (χ0) is 8.77. The van der Waals surface area contributed by atoms with Crippen LogP contribution in [0.4, 0.5) is 0 Å². The third-order valence-corrected chi connectivity index (χ3v) is 3.37. The summed E-state index contributed by atoms with van der Waals surface area (Å²) in [6, 6.07) is 0. The van der Waals surface area contributed by atoms with Crippen molar-refractivity contribution in [3.8, 4) is 0 Å². The minimum Gasteiger partial charge on any atom is -0.100 e. The Kier molecular flexibility index (Phi) is 1.67. The van der Waals surface area contributed by atoms with E-state index in [-0.39, 0.29) is 0 Å². The zero-order valence-corrected chi connectivity index (χ0v) is 8.19. The van der Waals surface area contributed by atoms with Crippen molar-refractivity contribution in [1.82, 2.24) is 0 Å². The van der Waals surface area contributed by atoms with Crippen LogP contribution in [0.5, 0.6) is 0 Å². The molecular formula is C12H18. The second-order valence-electron chi connectivity index (χ2n) is 4.86. The van der Waals surface area contributed by atoms with Crippen LogP contribution in [-0.4, -0.2) is 0 Å². The third kappa shape index (κ3) is 1.05. The molecule has 1 fully saturated rings. The van der Waals surface area contributed by atoms with Crippen molar-refractivity contribution in [3.05, 3.63) is 23.8 Å². The molecule has 1 saturated carbocycles. The Labute approximate surface area is 75.4 Å². The van der Waals surface area contributed by atoms with Gasteiger partial charge in [0.1, 0.15) is 0 Å². The van der Waals surface area contributed by atoms with Gasteiger partial charge in [-0.2, -0.15) is 0 Å². The molecule has 2 unspecified atom stereocenters. The first kappa shape index (κ1) is 8.10. The topological polar surface area (TPSA) is 0 Å². The molecular weight excluding hydrogens is 144 g/mol. The van der Waals surface area contributed by atoms with E-state index < -0.39 is 0 Å². The van der Waals surface area contributed by atoms with Gasteiger partial charge in [0.25, 0.3) is 0 Å². The van der Waals surface area contributed by atoms with Gasteiger partial charge in [0.2, 0.25) is 0 Å². The molecule has 2 aliphatic rings. The molecule has 0 saturated heterocycles. The zero-order valence-electron chi connectivity index (χ0n) is 8.19. The van der Waals surface area contributed by atoms with E-state index >= 15 is 0 Å². The highest BCUT2D eigenvalue weighted by Crippen LogP contribution is 2.58. The van der Waals surface area contributed by atoms with Gasteiger partial charge in [-0.25, -0.2) is 0 Å². The average molecular weight is 162 g/mol. The van der Waals surface area contributed by atoms with Crippen LogP contribution in [0.3, 0.4) is 0 Å². The summed E-state index contributed by atoms with van der Waals surface area (Å²) in [6.45, 7) is 8.56. The van der Waals surface area contributed by atoms with Crippen LogP contribution >= 0.6 is 0 Å². The molecule has 0 aromatic carbocycles. The average Bonchev–Trinajstić information content (AvgIpc) is 2.12. The van der Waals surface area contributed by atoms with Crippen molar-refractivity contribution in [2.45, 2.75) is 39.5 Å². The maximum Gasteiger partial charge on any atom is -0.00139 e. The van der Waals surface area contributed by atoms with Crippen LogP contribution in [-0.2, 0) is 0 Å². The van der Waals surface area contributed by atoms with Crippen LogP contribution in [0.1, 0.15) is 39.5 Å². The van der Waals surface area contributed by atoms with Gasteiger partial charge in [0.05, 0.1) is 0 Å². The molecule has 2 atom stereocenters. The minimum absolute atomic E-state index is 0.589. The maximum atomic E-state index is 4.03. The molecule has 0 N–H and O–H groups in total. The van der Waals surface area contributed by atoms with Crippen molar-refractivity contribution in [3.63, 3.8) is 0 Å². The summed E-state index contributed by atoms with van der Waals surface area (Å²) in [5.41, 5.74) is 3.68. The molecule has 0 heterocycles. The van der Waals surface area contributed by atoms with Gasteiger partial charge >= 0.3 is 0 Å². The molecule has 2 aliphatic carbocycles. The SMILES string of the molecule is C=C(C)CC12CC=C1CC(C)C2. The fraction of sp³-hybridized carbons (Fsp3) is 0.667. The molecule has 12 heavy (non-hydrogen) atoms. The Bertz CT molecular complexity index is 247. The molecule has 0 amide bonds. The smallest absolute Gasteiger partial charge is 0.00139 e. The first-order valence-electron chi connectivity index (χ1n) is 4.96. The van der Waals surface area contributed by atoms with Gasteiger partial charge in [-0.05, 0) is 43.9 Å². The Balaban J connectivity index is 2.13. The highest BCUT2D eigenvalue weighted by atomic mass is 14.5. The summed E-state index contributed by atoms with van der Waals surface area (Å²) >= 11 is 0. The van der Waals surface area contributed by atoms with E-state index in [0.717, 1.165) is 5.92 Å². The van der Waals surface area contributed by atoms with E-state index in [1.807, 2.05) is 0 Å². The van der Waals surface area contributed by atoms with Crippen molar-refractivity contribution in [2.75, 3.05) is 0 Å². The number of hydrogen-bond acceptors (Lipinski definition) is 0. The number of allylic oxidation sites excluding steroid dienone is 3. The van der Waals surface area contributed by atoms with Crippen molar-refractivity contribution in [1.29, 1.82) is 0 Å². The number of rotatable bonds is 2. The van der Waals surface area contributed by atoms with E-state index in [9.17, 15) is 0 Å². The highest BCUT2D eigenvalue weighted by molar-refractivity contribution is 5.32. The summed E-state index contributed by atoms with van der Waals surface area (Å²) < 4.78 is 0. The molecule has 0 aliphatic heterocycles. The van der Waals surface area contributed by atoms with Crippen molar-refractivity contribution >= 4 is 0 Å². The third-order valence-electron chi connectivity index (χ3n) is 3.37. The molecule has 0 nitrogen and oxygen atoms in total. The molecule has 0 radical (unpaired) electrons. The van der Waals surface area contributed by atoms with Gasteiger partial charge in [-0.1, -0.05) is 24.1 Å². The van der Waals surface area contributed by atoms with Crippen LogP contribution in [0.15, 0.2) is 23.8 Å². The van der Waals surface area contributed by atoms with E-state index in [1.54, 1.807) is 5.57 Å². The lowest BCUT2D eigenvalue weighted by molar-refractivity contribution is 0.310. The quantitative estimate of drug-likeness (QED) is 0.543. The molecule has 0 bridgehead atoms. The van der Waals surface area contributed by atoms with Gasteiger partial charge in [0, 0.05) is 0 Å². The van der Waals surface area contributed by atoms with Crippen LogP contribution in [0.25, 0.3) is 0 Å². The van der Waals surface area contributed by atoms with Crippen molar-refractivity contribution < 1.29 is 0 Å². The summed E-state index contributed by atoms with van der Waals surface area (Å²) in [5, 5.41) is 0. The standard InChI is InChI=1S/C12H18/c1-9(2)7-12-5-4-11(12)6-10(3)8-12/h4,10H,1,5-8H2,2-3H3. The maximum absolute atomic E-state index is 4.03. The van der Waals surface area contributed by atoms with Gasteiger partial charge in [-0.3, -0.25) is 0 Å².